The first-order valence-electron chi connectivity index (χ1n) is 8.55. The summed E-state index contributed by atoms with van der Waals surface area (Å²) in [6, 6.07) is 8.37. The van der Waals surface area contributed by atoms with Crippen LogP contribution in [0, 0.1) is 11.6 Å². The third-order valence-electron chi connectivity index (χ3n) is 3.47. The van der Waals surface area contributed by atoms with Crippen LogP contribution in [0.2, 0.25) is 0 Å². The number of aliphatic hydroxyl groups is 1. The highest BCUT2D eigenvalue weighted by molar-refractivity contribution is 5.94. The molecule has 0 aliphatic heterocycles. The SMILES string of the molecule is C=CCOc1ccc(F)c(C(C)=O)c1.C=CCOc1ccc(F)c([C@@H](C)O)c1. The Morgan fingerprint density at radius 2 is 1.54 bits per heavy atom. The third kappa shape index (κ3) is 7.32. The molecule has 2 aromatic rings. The minimum atomic E-state index is -0.831. The van der Waals surface area contributed by atoms with Crippen LogP contribution >= 0.6 is 0 Å². The van der Waals surface area contributed by atoms with E-state index in [1.807, 2.05) is 0 Å². The molecule has 28 heavy (non-hydrogen) atoms. The molecule has 0 aliphatic rings. The number of rotatable bonds is 8. The molecule has 0 fully saturated rings. The van der Waals surface area contributed by atoms with Crippen molar-refractivity contribution in [3.05, 3.63) is 84.5 Å². The fourth-order valence-corrected chi connectivity index (χ4v) is 2.11. The molecule has 0 heterocycles. The fourth-order valence-electron chi connectivity index (χ4n) is 2.11. The number of hydrogen-bond donors (Lipinski definition) is 1. The normalized spacial score (nSPS) is 10.9. The van der Waals surface area contributed by atoms with Crippen molar-refractivity contribution in [2.45, 2.75) is 20.0 Å². The lowest BCUT2D eigenvalue weighted by molar-refractivity contribution is 0.101. The Bertz CT molecular complexity index is 816. The molecule has 0 amide bonds. The van der Waals surface area contributed by atoms with Crippen LogP contribution in [0.25, 0.3) is 0 Å². The van der Waals surface area contributed by atoms with Crippen molar-refractivity contribution < 1.29 is 28.2 Å². The molecular formula is C22H24F2O4. The monoisotopic (exact) mass is 390 g/mol. The van der Waals surface area contributed by atoms with Gasteiger partial charge in [-0.1, -0.05) is 25.3 Å². The molecule has 2 aromatic carbocycles. The molecule has 0 unspecified atom stereocenters. The molecule has 0 aliphatic carbocycles. The van der Waals surface area contributed by atoms with Crippen LogP contribution in [-0.4, -0.2) is 24.1 Å². The molecule has 150 valence electrons. The molecule has 0 aromatic heterocycles. The first-order valence-corrected chi connectivity index (χ1v) is 8.55. The van der Waals surface area contributed by atoms with Crippen molar-refractivity contribution in [3.8, 4) is 11.5 Å². The van der Waals surface area contributed by atoms with Gasteiger partial charge in [0, 0.05) is 5.56 Å². The van der Waals surface area contributed by atoms with E-state index < -0.39 is 17.7 Å². The van der Waals surface area contributed by atoms with E-state index in [4.69, 9.17) is 9.47 Å². The lowest BCUT2D eigenvalue weighted by atomic mass is 10.1. The summed E-state index contributed by atoms with van der Waals surface area (Å²) in [6.45, 7) is 10.5. The zero-order valence-electron chi connectivity index (χ0n) is 16.0. The number of halogens is 2. The Kier molecular flexibility index (Phi) is 9.60. The largest absolute Gasteiger partial charge is 0.490 e. The van der Waals surface area contributed by atoms with Gasteiger partial charge in [0.05, 0.1) is 11.7 Å². The van der Waals surface area contributed by atoms with Crippen molar-refractivity contribution in [3.63, 3.8) is 0 Å². The summed E-state index contributed by atoms with van der Waals surface area (Å²) < 4.78 is 36.5. The van der Waals surface area contributed by atoms with Crippen LogP contribution in [0.3, 0.4) is 0 Å². The first-order chi connectivity index (χ1) is 13.3. The second kappa shape index (κ2) is 11.7. The Hall–Kier alpha value is -2.99. The number of carbonyl (C=O) groups excluding carboxylic acids is 1. The van der Waals surface area contributed by atoms with E-state index >= 15 is 0 Å². The van der Waals surface area contributed by atoms with E-state index in [1.165, 1.54) is 50.2 Å². The Balaban J connectivity index is 0.000000280. The average molecular weight is 390 g/mol. The van der Waals surface area contributed by atoms with Crippen molar-refractivity contribution in [2.75, 3.05) is 13.2 Å². The standard InChI is InChI=1S/C11H13FO2.C11H11FO2/c2*1-3-6-14-9-4-5-11(12)10(7-9)8(2)13/h3-5,7-8,13H,1,6H2,2H3;3-5,7H,1,6H2,2H3/t8-;/m1./s1. The summed E-state index contributed by atoms with van der Waals surface area (Å²) in [5, 5.41) is 9.24. The van der Waals surface area contributed by atoms with E-state index in [0.29, 0.717) is 24.7 Å². The average Bonchev–Trinajstić information content (AvgIpc) is 2.66. The number of Topliss-reactive ketones (excluding diaryl/α,β-unsaturated/α-hetero) is 1. The van der Waals surface area contributed by atoms with Gasteiger partial charge in [-0.3, -0.25) is 4.79 Å². The van der Waals surface area contributed by atoms with Crippen molar-refractivity contribution in [1.82, 2.24) is 0 Å². The first kappa shape index (κ1) is 23.0. The number of ketones is 1. The molecule has 0 saturated heterocycles. The van der Waals surface area contributed by atoms with Crippen LogP contribution in [0.5, 0.6) is 11.5 Å². The molecule has 4 nitrogen and oxygen atoms in total. The molecular weight excluding hydrogens is 366 g/mol. The summed E-state index contributed by atoms with van der Waals surface area (Å²) in [5.41, 5.74) is 0.290. The molecule has 0 radical (unpaired) electrons. The van der Waals surface area contributed by atoms with Crippen LogP contribution in [0.4, 0.5) is 8.78 Å². The van der Waals surface area contributed by atoms with E-state index in [1.54, 1.807) is 12.2 Å². The third-order valence-corrected chi connectivity index (χ3v) is 3.47. The second-order valence-corrected chi connectivity index (χ2v) is 5.76. The molecule has 6 heteroatoms. The highest BCUT2D eigenvalue weighted by Gasteiger charge is 2.09. The summed E-state index contributed by atoms with van der Waals surface area (Å²) in [7, 11) is 0. The quantitative estimate of drug-likeness (QED) is 0.507. The summed E-state index contributed by atoms with van der Waals surface area (Å²) >= 11 is 0. The van der Waals surface area contributed by atoms with Gasteiger partial charge in [0.15, 0.2) is 5.78 Å². The van der Waals surface area contributed by atoms with Gasteiger partial charge in [-0.05, 0) is 50.2 Å². The van der Waals surface area contributed by atoms with E-state index in [9.17, 15) is 18.7 Å². The minimum absolute atomic E-state index is 0.0477. The highest BCUT2D eigenvalue weighted by Crippen LogP contribution is 2.22. The predicted octanol–water partition coefficient (Wildman–Crippen LogP) is 5.04. The summed E-state index contributed by atoms with van der Waals surface area (Å²) in [5.74, 6) is -0.264. The van der Waals surface area contributed by atoms with Crippen molar-refractivity contribution >= 4 is 5.78 Å². The maximum atomic E-state index is 13.1. The molecule has 0 saturated carbocycles. The van der Waals surface area contributed by atoms with Gasteiger partial charge in [-0.15, -0.1) is 0 Å². The minimum Gasteiger partial charge on any atom is -0.490 e. The Morgan fingerprint density at radius 1 is 1.04 bits per heavy atom. The topological polar surface area (TPSA) is 55.8 Å². The van der Waals surface area contributed by atoms with Gasteiger partial charge < -0.3 is 14.6 Å². The fraction of sp³-hybridized carbons (Fsp3) is 0.227. The van der Waals surface area contributed by atoms with Crippen LogP contribution in [0.1, 0.15) is 35.9 Å². The maximum absolute atomic E-state index is 13.1. The lowest BCUT2D eigenvalue weighted by Gasteiger charge is -2.09. The van der Waals surface area contributed by atoms with Crippen LogP contribution < -0.4 is 9.47 Å². The Labute approximate surface area is 163 Å². The van der Waals surface area contributed by atoms with E-state index in [-0.39, 0.29) is 16.9 Å². The zero-order chi connectivity index (χ0) is 21.1. The van der Waals surface area contributed by atoms with Crippen LogP contribution in [0.15, 0.2) is 61.7 Å². The van der Waals surface area contributed by atoms with Crippen molar-refractivity contribution in [2.24, 2.45) is 0 Å². The van der Waals surface area contributed by atoms with Gasteiger partial charge in [-0.2, -0.15) is 0 Å². The number of benzene rings is 2. The van der Waals surface area contributed by atoms with Crippen LogP contribution in [-0.2, 0) is 0 Å². The molecule has 0 spiro atoms. The second-order valence-electron chi connectivity index (χ2n) is 5.76. The number of ether oxygens (including phenoxy) is 2. The van der Waals surface area contributed by atoms with Gasteiger partial charge in [0.2, 0.25) is 0 Å². The van der Waals surface area contributed by atoms with Gasteiger partial charge in [0.25, 0.3) is 0 Å². The van der Waals surface area contributed by atoms with Gasteiger partial charge in [0.1, 0.15) is 36.3 Å². The number of hydrogen-bond acceptors (Lipinski definition) is 4. The van der Waals surface area contributed by atoms with Crippen molar-refractivity contribution in [1.29, 1.82) is 0 Å². The summed E-state index contributed by atoms with van der Waals surface area (Å²) in [4.78, 5) is 11.0. The lowest BCUT2D eigenvalue weighted by Crippen LogP contribution is -1.99. The molecule has 0 bridgehead atoms. The number of aliphatic hydroxyl groups excluding tert-OH is 1. The number of carbonyl (C=O) groups is 1. The maximum Gasteiger partial charge on any atom is 0.162 e. The van der Waals surface area contributed by atoms with Gasteiger partial charge in [-0.25, -0.2) is 8.78 Å². The smallest absolute Gasteiger partial charge is 0.162 e. The van der Waals surface area contributed by atoms with E-state index in [0.717, 1.165) is 0 Å². The zero-order valence-corrected chi connectivity index (χ0v) is 16.0. The Morgan fingerprint density at radius 3 is 2.00 bits per heavy atom. The molecule has 1 atom stereocenters. The van der Waals surface area contributed by atoms with Gasteiger partial charge >= 0.3 is 0 Å². The van der Waals surface area contributed by atoms with E-state index in [2.05, 4.69) is 13.2 Å². The molecule has 1 N–H and O–H groups in total. The predicted molar refractivity (Wildman–Crippen MR) is 105 cm³/mol. The molecule has 2 rings (SSSR count). The summed E-state index contributed by atoms with van der Waals surface area (Å²) in [6.07, 6.45) is 2.35. The highest BCUT2D eigenvalue weighted by atomic mass is 19.1.